The van der Waals surface area contributed by atoms with Gasteiger partial charge in [0.15, 0.2) is 5.96 Å². The van der Waals surface area contributed by atoms with Crippen LogP contribution in [-0.4, -0.2) is 24.1 Å². The van der Waals surface area contributed by atoms with Crippen molar-refractivity contribution in [1.82, 2.24) is 4.90 Å². The Kier molecular flexibility index (Phi) is 3.79. The van der Waals surface area contributed by atoms with Gasteiger partial charge in [-0.3, -0.25) is 5.41 Å². The molecule has 0 rings (SSSR count). The Morgan fingerprint density at radius 1 is 1.70 bits per heavy atom. The van der Waals surface area contributed by atoms with Gasteiger partial charge in [-0.1, -0.05) is 13.3 Å². The first kappa shape index (κ1) is 9.23. The molecule has 0 amide bonds. The monoisotopic (exact) mass is 144 g/mol. The SMILES string of the molecule is CCCC(N)N(C)C(=N)N. The maximum absolute atomic E-state index is 7.03. The van der Waals surface area contributed by atoms with Crippen molar-refractivity contribution in [3.8, 4) is 0 Å². The third-order valence-corrected chi connectivity index (χ3v) is 1.46. The maximum Gasteiger partial charge on any atom is 0.189 e. The van der Waals surface area contributed by atoms with Gasteiger partial charge in [-0.05, 0) is 6.42 Å². The van der Waals surface area contributed by atoms with Crippen LogP contribution in [0.4, 0.5) is 0 Å². The van der Waals surface area contributed by atoms with Gasteiger partial charge in [0.2, 0.25) is 0 Å². The van der Waals surface area contributed by atoms with Crippen molar-refractivity contribution in [3.63, 3.8) is 0 Å². The van der Waals surface area contributed by atoms with Crippen molar-refractivity contribution in [3.05, 3.63) is 0 Å². The van der Waals surface area contributed by atoms with E-state index in [0.29, 0.717) is 0 Å². The lowest BCUT2D eigenvalue weighted by Gasteiger charge is -2.23. The summed E-state index contributed by atoms with van der Waals surface area (Å²) in [6, 6.07) is 0. The molecule has 0 spiro atoms. The predicted octanol–water partition coefficient (Wildman–Crippen LogP) is -0.103. The number of nitrogens with two attached hydrogens (primary N) is 2. The number of hydrogen-bond donors (Lipinski definition) is 3. The van der Waals surface area contributed by atoms with Crippen molar-refractivity contribution in [2.45, 2.75) is 25.9 Å². The van der Waals surface area contributed by atoms with Crippen LogP contribution in [-0.2, 0) is 0 Å². The highest BCUT2D eigenvalue weighted by atomic mass is 15.3. The molecule has 1 unspecified atom stereocenters. The van der Waals surface area contributed by atoms with E-state index in [9.17, 15) is 0 Å². The van der Waals surface area contributed by atoms with Crippen LogP contribution in [0.2, 0.25) is 0 Å². The minimum atomic E-state index is -0.109. The summed E-state index contributed by atoms with van der Waals surface area (Å²) in [6.45, 7) is 2.05. The Hall–Kier alpha value is -0.770. The van der Waals surface area contributed by atoms with Crippen molar-refractivity contribution in [2.24, 2.45) is 11.5 Å². The summed E-state index contributed by atoms with van der Waals surface area (Å²) in [5.74, 6) is 0.0287. The van der Waals surface area contributed by atoms with Crippen LogP contribution in [0.1, 0.15) is 19.8 Å². The Morgan fingerprint density at radius 3 is 2.50 bits per heavy atom. The molecule has 60 valence electrons. The third kappa shape index (κ3) is 2.68. The number of rotatable bonds is 3. The van der Waals surface area contributed by atoms with Gasteiger partial charge in [0.05, 0.1) is 6.17 Å². The molecule has 0 aliphatic carbocycles. The molecule has 0 aromatic heterocycles. The Morgan fingerprint density at radius 2 is 2.20 bits per heavy atom. The zero-order chi connectivity index (χ0) is 8.15. The van der Waals surface area contributed by atoms with Gasteiger partial charge < -0.3 is 16.4 Å². The van der Waals surface area contributed by atoms with E-state index < -0.39 is 0 Å². The van der Waals surface area contributed by atoms with E-state index in [4.69, 9.17) is 16.9 Å². The predicted molar refractivity (Wildman–Crippen MR) is 42.6 cm³/mol. The second-order valence-electron chi connectivity index (χ2n) is 2.35. The molecular weight excluding hydrogens is 128 g/mol. The highest BCUT2D eigenvalue weighted by molar-refractivity contribution is 5.74. The lowest BCUT2D eigenvalue weighted by atomic mass is 10.3. The van der Waals surface area contributed by atoms with E-state index in [1.54, 1.807) is 11.9 Å². The molecule has 0 aliphatic heterocycles. The molecule has 0 saturated heterocycles. The van der Waals surface area contributed by atoms with Crippen LogP contribution in [0.15, 0.2) is 0 Å². The number of guanidine groups is 1. The van der Waals surface area contributed by atoms with Crippen LogP contribution >= 0.6 is 0 Å². The first-order chi connectivity index (χ1) is 4.59. The Bertz CT molecular complexity index is 112. The normalized spacial score (nSPS) is 12.7. The van der Waals surface area contributed by atoms with Crippen LogP contribution in [0.3, 0.4) is 0 Å². The maximum atomic E-state index is 7.03. The molecule has 0 bridgehead atoms. The molecule has 0 saturated carbocycles. The van der Waals surface area contributed by atoms with Crippen LogP contribution in [0.5, 0.6) is 0 Å². The molecule has 4 nitrogen and oxygen atoms in total. The lowest BCUT2D eigenvalue weighted by Crippen LogP contribution is -2.46. The van der Waals surface area contributed by atoms with Gasteiger partial charge in [-0.15, -0.1) is 0 Å². The fourth-order valence-electron chi connectivity index (χ4n) is 0.668. The highest BCUT2D eigenvalue weighted by Gasteiger charge is 2.07. The number of nitrogens with zero attached hydrogens (tertiary/aromatic N) is 1. The standard InChI is InChI=1S/C6H16N4/c1-3-4-5(7)10(2)6(8)9/h5H,3-4,7H2,1-2H3,(H3,8,9). The zero-order valence-electron chi connectivity index (χ0n) is 6.59. The van der Waals surface area contributed by atoms with Crippen LogP contribution < -0.4 is 11.5 Å². The summed E-state index contributed by atoms with van der Waals surface area (Å²) in [6.07, 6.45) is 1.77. The molecule has 0 aromatic rings. The van der Waals surface area contributed by atoms with E-state index in [-0.39, 0.29) is 12.1 Å². The summed E-state index contributed by atoms with van der Waals surface area (Å²) in [5, 5.41) is 7.03. The third-order valence-electron chi connectivity index (χ3n) is 1.46. The quantitative estimate of drug-likeness (QED) is 0.294. The van der Waals surface area contributed by atoms with Gasteiger partial charge in [0, 0.05) is 7.05 Å². The molecule has 0 aromatic carbocycles. The van der Waals surface area contributed by atoms with Gasteiger partial charge in [-0.25, -0.2) is 0 Å². The average Bonchev–Trinajstić information content (AvgIpc) is 1.87. The topological polar surface area (TPSA) is 79.1 Å². The van der Waals surface area contributed by atoms with Crippen LogP contribution in [0.25, 0.3) is 0 Å². The molecule has 0 radical (unpaired) electrons. The molecule has 1 atom stereocenters. The first-order valence-electron chi connectivity index (χ1n) is 3.42. The summed E-state index contributed by atoms with van der Waals surface area (Å²) in [4.78, 5) is 1.56. The number of hydrogen-bond acceptors (Lipinski definition) is 2. The zero-order valence-corrected chi connectivity index (χ0v) is 6.59. The second kappa shape index (κ2) is 4.11. The summed E-state index contributed by atoms with van der Waals surface area (Å²) in [5.41, 5.74) is 10.8. The van der Waals surface area contributed by atoms with Gasteiger partial charge in [0.25, 0.3) is 0 Å². The van der Waals surface area contributed by atoms with Crippen molar-refractivity contribution in [1.29, 1.82) is 5.41 Å². The molecule has 4 heteroatoms. The molecule has 0 heterocycles. The summed E-state index contributed by atoms with van der Waals surface area (Å²) >= 11 is 0. The fraction of sp³-hybridized carbons (Fsp3) is 0.833. The van der Waals surface area contributed by atoms with E-state index in [0.717, 1.165) is 12.8 Å². The fourth-order valence-corrected chi connectivity index (χ4v) is 0.668. The van der Waals surface area contributed by atoms with Crippen molar-refractivity contribution >= 4 is 5.96 Å². The van der Waals surface area contributed by atoms with E-state index >= 15 is 0 Å². The Labute approximate surface area is 61.7 Å². The minimum Gasteiger partial charge on any atom is -0.370 e. The number of nitrogens with one attached hydrogen (secondary N) is 1. The molecule has 0 fully saturated rings. The molecule has 0 aliphatic rings. The molecule has 10 heavy (non-hydrogen) atoms. The smallest absolute Gasteiger partial charge is 0.189 e. The highest BCUT2D eigenvalue weighted by Crippen LogP contribution is 1.96. The van der Waals surface area contributed by atoms with E-state index in [2.05, 4.69) is 0 Å². The van der Waals surface area contributed by atoms with Gasteiger partial charge in [0.1, 0.15) is 0 Å². The van der Waals surface area contributed by atoms with E-state index in [1.165, 1.54) is 0 Å². The molecule has 5 N–H and O–H groups in total. The first-order valence-corrected chi connectivity index (χ1v) is 3.42. The van der Waals surface area contributed by atoms with Crippen molar-refractivity contribution < 1.29 is 0 Å². The van der Waals surface area contributed by atoms with Crippen molar-refractivity contribution in [2.75, 3.05) is 7.05 Å². The lowest BCUT2D eigenvalue weighted by molar-refractivity contribution is 0.346. The largest absolute Gasteiger partial charge is 0.370 e. The Balaban J connectivity index is 3.69. The van der Waals surface area contributed by atoms with Gasteiger partial charge >= 0.3 is 0 Å². The van der Waals surface area contributed by atoms with E-state index in [1.807, 2.05) is 6.92 Å². The second-order valence-corrected chi connectivity index (χ2v) is 2.35. The van der Waals surface area contributed by atoms with Crippen LogP contribution in [0, 0.1) is 5.41 Å². The minimum absolute atomic E-state index is 0.0287. The summed E-state index contributed by atoms with van der Waals surface area (Å²) in [7, 11) is 1.72. The summed E-state index contributed by atoms with van der Waals surface area (Å²) < 4.78 is 0. The van der Waals surface area contributed by atoms with Gasteiger partial charge in [-0.2, -0.15) is 0 Å². The average molecular weight is 144 g/mol. The molecular formula is C6H16N4.